The fourth-order valence-corrected chi connectivity index (χ4v) is 1.14. The van der Waals surface area contributed by atoms with Gasteiger partial charge in [-0.3, -0.25) is 0 Å². The Hall–Kier alpha value is -0.980. The minimum atomic E-state index is 0.287. The maximum atomic E-state index is 5.24. The molecular weight excluding hydrogens is 112 g/mol. The van der Waals surface area contributed by atoms with Gasteiger partial charge < -0.3 is 4.74 Å². The van der Waals surface area contributed by atoms with Crippen LogP contribution in [0.4, 0.5) is 0 Å². The van der Waals surface area contributed by atoms with E-state index in [1.54, 1.807) is 6.26 Å². The van der Waals surface area contributed by atoms with Gasteiger partial charge in [-0.05, 0) is 12.2 Å². The molecule has 0 bridgehead atoms. The largest absolute Gasteiger partial charge is 0.493 e. The minimum absolute atomic E-state index is 0.287. The van der Waals surface area contributed by atoms with E-state index in [0.29, 0.717) is 5.92 Å². The Labute approximate surface area is 54.3 Å². The Morgan fingerprint density at radius 3 is 2.78 bits per heavy atom. The maximum absolute atomic E-state index is 5.24. The van der Waals surface area contributed by atoms with Gasteiger partial charge in [0, 0.05) is 5.92 Å². The molecule has 1 nitrogen and oxygen atoms in total. The van der Waals surface area contributed by atoms with E-state index >= 15 is 0 Å². The van der Waals surface area contributed by atoms with Gasteiger partial charge in [0.25, 0.3) is 0 Å². The van der Waals surface area contributed by atoms with Crippen LogP contribution in [0.3, 0.4) is 0 Å². The van der Waals surface area contributed by atoms with Gasteiger partial charge in [0.1, 0.15) is 6.10 Å². The van der Waals surface area contributed by atoms with Crippen molar-refractivity contribution in [2.24, 2.45) is 5.92 Å². The van der Waals surface area contributed by atoms with Crippen LogP contribution in [0.1, 0.15) is 0 Å². The van der Waals surface area contributed by atoms with Crippen molar-refractivity contribution < 1.29 is 4.74 Å². The first-order chi connectivity index (χ1) is 4.47. The highest BCUT2D eigenvalue weighted by Gasteiger charge is 2.20. The van der Waals surface area contributed by atoms with Crippen LogP contribution in [-0.4, -0.2) is 6.10 Å². The molecular formula is C8H8O. The normalized spacial score (nSPS) is 36.4. The third-order valence-electron chi connectivity index (χ3n) is 1.66. The van der Waals surface area contributed by atoms with E-state index in [0.717, 1.165) is 0 Å². The molecule has 0 saturated carbocycles. The van der Waals surface area contributed by atoms with Crippen molar-refractivity contribution in [1.82, 2.24) is 0 Å². The van der Waals surface area contributed by atoms with E-state index in [4.69, 9.17) is 4.74 Å². The van der Waals surface area contributed by atoms with Crippen LogP contribution < -0.4 is 0 Å². The van der Waals surface area contributed by atoms with Crippen molar-refractivity contribution in [2.75, 3.05) is 0 Å². The number of allylic oxidation sites excluding steroid dienone is 2. The summed E-state index contributed by atoms with van der Waals surface area (Å²) in [5.41, 5.74) is 0. The Morgan fingerprint density at radius 1 is 1.00 bits per heavy atom. The second-order valence-corrected chi connectivity index (χ2v) is 2.28. The summed E-state index contributed by atoms with van der Waals surface area (Å²) >= 11 is 0. The zero-order valence-corrected chi connectivity index (χ0v) is 5.03. The molecule has 0 spiro atoms. The predicted octanol–water partition coefficient (Wildman–Crippen LogP) is 1.64. The summed E-state index contributed by atoms with van der Waals surface area (Å²) in [5, 5.41) is 0. The van der Waals surface area contributed by atoms with E-state index < -0.39 is 0 Å². The van der Waals surface area contributed by atoms with Crippen LogP contribution in [0, 0.1) is 5.92 Å². The SMILES string of the molecule is C1=C[C@H]2C=CO[C@@H]2C=C1. The van der Waals surface area contributed by atoms with E-state index in [-0.39, 0.29) is 6.10 Å². The van der Waals surface area contributed by atoms with Gasteiger partial charge in [-0.25, -0.2) is 0 Å². The Balaban J connectivity index is 2.25. The molecule has 2 atom stereocenters. The summed E-state index contributed by atoms with van der Waals surface area (Å²) < 4.78 is 5.24. The average Bonchev–Trinajstić information content (AvgIpc) is 2.33. The molecule has 1 heterocycles. The highest BCUT2D eigenvalue weighted by molar-refractivity contribution is 5.21. The van der Waals surface area contributed by atoms with Crippen molar-refractivity contribution in [3.8, 4) is 0 Å². The van der Waals surface area contributed by atoms with Crippen molar-refractivity contribution in [3.63, 3.8) is 0 Å². The molecule has 1 heteroatoms. The van der Waals surface area contributed by atoms with E-state index in [2.05, 4.69) is 24.3 Å². The lowest BCUT2D eigenvalue weighted by Crippen LogP contribution is -2.12. The standard InChI is InChI=1S/C8H8O/c1-2-4-8-7(3-1)5-6-9-8/h1-8H/t7-,8+/m0/s1. The molecule has 2 aliphatic rings. The molecule has 0 aromatic carbocycles. The molecule has 0 aromatic rings. The molecule has 0 fully saturated rings. The van der Waals surface area contributed by atoms with Gasteiger partial charge in [-0.1, -0.05) is 18.2 Å². The number of fused-ring (bicyclic) bond motifs is 1. The van der Waals surface area contributed by atoms with Crippen molar-refractivity contribution in [1.29, 1.82) is 0 Å². The lowest BCUT2D eigenvalue weighted by molar-refractivity contribution is 0.192. The lowest BCUT2D eigenvalue weighted by Gasteiger charge is -2.12. The molecule has 0 radical (unpaired) electrons. The lowest BCUT2D eigenvalue weighted by atomic mass is 10.00. The van der Waals surface area contributed by atoms with Gasteiger partial charge in [-0.15, -0.1) is 0 Å². The summed E-state index contributed by atoms with van der Waals surface area (Å²) in [6.45, 7) is 0. The quantitative estimate of drug-likeness (QED) is 0.472. The van der Waals surface area contributed by atoms with Gasteiger partial charge in [0.15, 0.2) is 0 Å². The second kappa shape index (κ2) is 1.76. The first-order valence-electron chi connectivity index (χ1n) is 3.14. The number of rotatable bonds is 0. The molecule has 46 valence electrons. The first kappa shape index (κ1) is 4.86. The molecule has 0 amide bonds. The van der Waals surface area contributed by atoms with Gasteiger partial charge in [0.05, 0.1) is 6.26 Å². The van der Waals surface area contributed by atoms with Crippen LogP contribution >= 0.6 is 0 Å². The Kier molecular flexibility index (Phi) is 0.950. The van der Waals surface area contributed by atoms with Crippen LogP contribution in [0.15, 0.2) is 36.6 Å². The zero-order valence-electron chi connectivity index (χ0n) is 5.03. The number of hydrogen-bond donors (Lipinski definition) is 0. The van der Waals surface area contributed by atoms with Crippen LogP contribution in [0.2, 0.25) is 0 Å². The molecule has 1 aliphatic carbocycles. The molecule has 0 unspecified atom stereocenters. The number of hydrogen-bond acceptors (Lipinski definition) is 1. The fourth-order valence-electron chi connectivity index (χ4n) is 1.14. The minimum Gasteiger partial charge on any atom is -0.493 e. The van der Waals surface area contributed by atoms with Gasteiger partial charge in [-0.2, -0.15) is 0 Å². The van der Waals surface area contributed by atoms with Crippen LogP contribution in [0.5, 0.6) is 0 Å². The predicted molar refractivity (Wildman–Crippen MR) is 35.8 cm³/mol. The summed E-state index contributed by atoms with van der Waals surface area (Å²) in [6.07, 6.45) is 12.4. The van der Waals surface area contributed by atoms with Gasteiger partial charge >= 0.3 is 0 Å². The fraction of sp³-hybridized carbons (Fsp3) is 0.250. The van der Waals surface area contributed by atoms with Crippen molar-refractivity contribution in [3.05, 3.63) is 36.6 Å². The third-order valence-corrected chi connectivity index (χ3v) is 1.66. The third kappa shape index (κ3) is 0.689. The van der Waals surface area contributed by atoms with Crippen molar-refractivity contribution >= 4 is 0 Å². The molecule has 1 aliphatic heterocycles. The average molecular weight is 120 g/mol. The van der Waals surface area contributed by atoms with Gasteiger partial charge in [0.2, 0.25) is 0 Å². The number of ether oxygens (including phenoxy) is 1. The molecule has 0 saturated heterocycles. The topological polar surface area (TPSA) is 9.23 Å². The molecule has 9 heavy (non-hydrogen) atoms. The summed E-state index contributed by atoms with van der Waals surface area (Å²) in [7, 11) is 0. The summed E-state index contributed by atoms with van der Waals surface area (Å²) in [5.74, 6) is 0.495. The molecule has 0 aromatic heterocycles. The smallest absolute Gasteiger partial charge is 0.126 e. The van der Waals surface area contributed by atoms with Crippen molar-refractivity contribution in [2.45, 2.75) is 6.10 Å². The van der Waals surface area contributed by atoms with E-state index in [1.165, 1.54) is 0 Å². The Bertz CT molecular complexity index is 189. The highest BCUT2D eigenvalue weighted by Crippen LogP contribution is 2.22. The van der Waals surface area contributed by atoms with E-state index in [9.17, 15) is 0 Å². The Morgan fingerprint density at radius 2 is 1.89 bits per heavy atom. The summed E-state index contributed by atoms with van der Waals surface area (Å²) in [6, 6.07) is 0. The maximum Gasteiger partial charge on any atom is 0.126 e. The molecule has 0 N–H and O–H groups in total. The highest BCUT2D eigenvalue weighted by atomic mass is 16.5. The monoisotopic (exact) mass is 120 g/mol. The van der Waals surface area contributed by atoms with Crippen LogP contribution in [0.25, 0.3) is 0 Å². The first-order valence-corrected chi connectivity index (χ1v) is 3.14. The molecule has 2 rings (SSSR count). The van der Waals surface area contributed by atoms with Crippen LogP contribution in [-0.2, 0) is 4.74 Å². The zero-order chi connectivity index (χ0) is 6.10. The second-order valence-electron chi connectivity index (χ2n) is 2.28. The van der Waals surface area contributed by atoms with E-state index in [1.807, 2.05) is 6.08 Å². The summed E-state index contributed by atoms with van der Waals surface area (Å²) in [4.78, 5) is 0.